The average molecular weight is 479 g/mol. The highest BCUT2D eigenvalue weighted by Crippen LogP contribution is 2.33. The monoisotopic (exact) mass is 478 g/mol. The number of likely N-dealkylation sites (tertiary alicyclic amines) is 1. The second-order valence-corrected chi connectivity index (χ2v) is 9.91. The Kier molecular flexibility index (Phi) is 5.57. The van der Waals surface area contributed by atoms with Crippen molar-refractivity contribution in [3.8, 4) is 5.69 Å². The Morgan fingerprint density at radius 2 is 1.74 bits per heavy atom. The van der Waals surface area contributed by atoms with Crippen molar-refractivity contribution in [1.82, 2.24) is 24.2 Å². The summed E-state index contributed by atoms with van der Waals surface area (Å²) in [6, 6.07) is 8.05. The molecule has 3 fully saturated rings. The molecule has 1 aliphatic carbocycles. The number of benzene rings is 1. The molecule has 0 unspecified atom stereocenters. The maximum atomic E-state index is 13.2. The molecule has 4 heterocycles. The van der Waals surface area contributed by atoms with Crippen LogP contribution in [0.3, 0.4) is 0 Å². The minimum absolute atomic E-state index is 0.152. The van der Waals surface area contributed by atoms with Crippen LogP contribution in [-0.4, -0.2) is 80.2 Å². The van der Waals surface area contributed by atoms with Crippen LogP contribution in [0.2, 0.25) is 0 Å². The van der Waals surface area contributed by atoms with E-state index < -0.39 is 5.60 Å². The van der Waals surface area contributed by atoms with Gasteiger partial charge in [0, 0.05) is 37.8 Å². The van der Waals surface area contributed by atoms with Gasteiger partial charge in [-0.3, -0.25) is 14.2 Å². The molecule has 184 valence electrons. The summed E-state index contributed by atoms with van der Waals surface area (Å²) in [7, 11) is 0. The standard InChI is InChI=1S/C25H30N6O4/c32-23(18-1-2-18)29-9-7-25(34,8-10-29)16-30-17-26-22-21(24(30)33)15-27-31(22)20-5-3-19(4-6-20)28-11-13-35-14-12-28/h3-6,15,17-18,34H,1-2,7-14,16H2. The number of amides is 1. The summed E-state index contributed by atoms with van der Waals surface area (Å²) in [5, 5.41) is 16.0. The average Bonchev–Trinajstić information content (AvgIpc) is 3.65. The molecular weight excluding hydrogens is 448 g/mol. The Labute approximate surface area is 202 Å². The molecule has 1 N–H and O–H groups in total. The Hall–Kier alpha value is -3.24. The molecule has 1 amide bonds. The topological polar surface area (TPSA) is 106 Å². The van der Waals surface area contributed by atoms with Crippen molar-refractivity contribution in [3.63, 3.8) is 0 Å². The number of piperidine rings is 1. The van der Waals surface area contributed by atoms with Gasteiger partial charge in [-0.2, -0.15) is 5.10 Å². The molecule has 3 aliphatic rings. The second-order valence-electron chi connectivity index (χ2n) is 9.91. The Balaban J connectivity index is 1.19. The predicted octanol–water partition coefficient (Wildman–Crippen LogP) is 1.18. The van der Waals surface area contributed by atoms with Crippen LogP contribution in [0.1, 0.15) is 25.7 Å². The fourth-order valence-corrected chi connectivity index (χ4v) is 5.08. The number of carbonyl (C=O) groups excluding carboxylic acids is 1. The van der Waals surface area contributed by atoms with E-state index in [1.54, 1.807) is 4.68 Å². The van der Waals surface area contributed by atoms with Gasteiger partial charge in [-0.05, 0) is 49.9 Å². The molecule has 3 aromatic rings. The molecule has 10 heteroatoms. The van der Waals surface area contributed by atoms with Gasteiger partial charge in [0.05, 0.1) is 37.2 Å². The van der Waals surface area contributed by atoms with E-state index >= 15 is 0 Å². The van der Waals surface area contributed by atoms with Crippen LogP contribution in [0, 0.1) is 5.92 Å². The molecule has 2 aliphatic heterocycles. The van der Waals surface area contributed by atoms with Gasteiger partial charge in [0.1, 0.15) is 11.7 Å². The van der Waals surface area contributed by atoms with Crippen LogP contribution in [0.4, 0.5) is 5.69 Å². The first-order valence-electron chi connectivity index (χ1n) is 12.4. The highest BCUT2D eigenvalue weighted by molar-refractivity contribution is 5.81. The molecule has 0 spiro atoms. The summed E-state index contributed by atoms with van der Waals surface area (Å²) in [5.41, 5.74) is 1.18. The summed E-state index contributed by atoms with van der Waals surface area (Å²) >= 11 is 0. The number of rotatable bonds is 5. The molecule has 1 aromatic carbocycles. The molecule has 2 aromatic heterocycles. The largest absolute Gasteiger partial charge is 0.388 e. The van der Waals surface area contributed by atoms with E-state index in [9.17, 15) is 14.7 Å². The van der Waals surface area contributed by atoms with E-state index in [0.29, 0.717) is 37.0 Å². The van der Waals surface area contributed by atoms with Crippen LogP contribution in [0.15, 0.2) is 41.6 Å². The molecule has 0 radical (unpaired) electrons. The van der Waals surface area contributed by atoms with Crippen LogP contribution >= 0.6 is 0 Å². The van der Waals surface area contributed by atoms with E-state index in [0.717, 1.165) is 50.5 Å². The normalized spacial score (nSPS) is 20.4. The summed E-state index contributed by atoms with van der Waals surface area (Å²) in [5.74, 6) is 0.389. The lowest BCUT2D eigenvalue weighted by atomic mass is 9.91. The number of carbonyl (C=O) groups is 1. The van der Waals surface area contributed by atoms with Gasteiger partial charge in [0.25, 0.3) is 5.56 Å². The Morgan fingerprint density at radius 3 is 2.43 bits per heavy atom. The SMILES string of the molecule is O=C(C1CC1)N1CCC(O)(Cn2cnc3c(cnn3-c3ccc(N4CCOCC4)cc3)c2=O)CC1. The minimum Gasteiger partial charge on any atom is -0.388 e. The van der Waals surface area contributed by atoms with Crippen LogP contribution in [0.5, 0.6) is 0 Å². The quantitative estimate of drug-likeness (QED) is 0.587. The van der Waals surface area contributed by atoms with E-state index in [2.05, 4.69) is 15.0 Å². The maximum Gasteiger partial charge on any atom is 0.264 e. The van der Waals surface area contributed by atoms with Crippen LogP contribution < -0.4 is 10.5 Å². The summed E-state index contributed by atoms with van der Waals surface area (Å²) in [6.07, 6.45) is 5.89. The number of morpholine rings is 1. The minimum atomic E-state index is -1.04. The smallest absolute Gasteiger partial charge is 0.264 e. The first-order chi connectivity index (χ1) is 17.0. The maximum absolute atomic E-state index is 13.2. The second kappa shape index (κ2) is 8.76. The lowest BCUT2D eigenvalue weighted by Gasteiger charge is -2.38. The Morgan fingerprint density at radius 1 is 1.06 bits per heavy atom. The molecule has 0 bridgehead atoms. The number of aromatic nitrogens is 4. The molecular formula is C25H30N6O4. The van der Waals surface area contributed by atoms with Gasteiger partial charge in [0.2, 0.25) is 5.91 Å². The number of aliphatic hydroxyl groups is 1. The van der Waals surface area contributed by atoms with Gasteiger partial charge >= 0.3 is 0 Å². The predicted molar refractivity (Wildman–Crippen MR) is 130 cm³/mol. The lowest BCUT2D eigenvalue weighted by molar-refractivity contribution is -0.137. The van der Waals surface area contributed by atoms with Crippen molar-refractivity contribution in [2.45, 2.75) is 37.8 Å². The number of ether oxygens (including phenoxy) is 1. The molecule has 6 rings (SSSR count). The van der Waals surface area contributed by atoms with Crippen molar-refractivity contribution in [2.75, 3.05) is 44.3 Å². The zero-order valence-corrected chi connectivity index (χ0v) is 19.7. The van der Waals surface area contributed by atoms with E-state index in [1.165, 1.54) is 17.1 Å². The van der Waals surface area contributed by atoms with Crippen molar-refractivity contribution >= 4 is 22.6 Å². The van der Waals surface area contributed by atoms with Gasteiger partial charge in [-0.1, -0.05) is 0 Å². The lowest BCUT2D eigenvalue weighted by Crippen LogP contribution is -2.50. The molecule has 1 saturated carbocycles. The zero-order valence-electron chi connectivity index (χ0n) is 19.7. The fraction of sp³-hybridized carbons (Fsp3) is 0.520. The van der Waals surface area contributed by atoms with Crippen molar-refractivity contribution < 1.29 is 14.6 Å². The zero-order chi connectivity index (χ0) is 24.0. The number of hydrogen-bond donors (Lipinski definition) is 1. The van der Waals surface area contributed by atoms with Gasteiger partial charge in [0.15, 0.2) is 5.65 Å². The molecule has 10 nitrogen and oxygen atoms in total. The fourth-order valence-electron chi connectivity index (χ4n) is 5.08. The van der Waals surface area contributed by atoms with Crippen LogP contribution in [-0.2, 0) is 16.1 Å². The van der Waals surface area contributed by atoms with Crippen LogP contribution in [0.25, 0.3) is 16.7 Å². The number of anilines is 1. The number of hydrogen-bond acceptors (Lipinski definition) is 7. The Bertz CT molecular complexity index is 1280. The van der Waals surface area contributed by atoms with Gasteiger partial charge < -0.3 is 19.6 Å². The third-order valence-electron chi connectivity index (χ3n) is 7.42. The first-order valence-corrected chi connectivity index (χ1v) is 12.4. The summed E-state index contributed by atoms with van der Waals surface area (Å²) < 4.78 is 8.56. The summed E-state index contributed by atoms with van der Waals surface area (Å²) in [6.45, 7) is 4.39. The third-order valence-corrected chi connectivity index (χ3v) is 7.42. The number of nitrogens with zero attached hydrogens (tertiary/aromatic N) is 6. The van der Waals surface area contributed by atoms with Gasteiger partial charge in [-0.15, -0.1) is 0 Å². The van der Waals surface area contributed by atoms with Crippen molar-refractivity contribution in [1.29, 1.82) is 0 Å². The van der Waals surface area contributed by atoms with Crippen molar-refractivity contribution in [2.24, 2.45) is 5.92 Å². The van der Waals surface area contributed by atoms with Gasteiger partial charge in [-0.25, -0.2) is 9.67 Å². The molecule has 2 saturated heterocycles. The van der Waals surface area contributed by atoms with E-state index in [4.69, 9.17) is 4.74 Å². The van der Waals surface area contributed by atoms with E-state index in [-0.39, 0.29) is 23.9 Å². The first kappa shape index (κ1) is 22.2. The number of fused-ring (bicyclic) bond motifs is 1. The molecule has 0 atom stereocenters. The van der Waals surface area contributed by atoms with Crippen molar-refractivity contribution in [3.05, 3.63) is 47.1 Å². The van der Waals surface area contributed by atoms with E-state index in [1.807, 2.05) is 29.2 Å². The third kappa shape index (κ3) is 4.32. The highest BCUT2D eigenvalue weighted by Gasteiger charge is 2.39. The highest BCUT2D eigenvalue weighted by atomic mass is 16.5. The summed E-state index contributed by atoms with van der Waals surface area (Å²) in [4.78, 5) is 34.2. The molecule has 35 heavy (non-hydrogen) atoms.